The Kier molecular flexibility index (Phi) is 12.9. The fourth-order valence-corrected chi connectivity index (χ4v) is 5.16. The molecule has 3 fully saturated rings. The summed E-state index contributed by atoms with van der Waals surface area (Å²) in [5.74, 6) is -0.249. The number of rotatable bonds is 3. The van der Waals surface area contributed by atoms with Gasteiger partial charge in [0.25, 0.3) is 0 Å². The van der Waals surface area contributed by atoms with Gasteiger partial charge in [0.15, 0.2) is 0 Å². The summed E-state index contributed by atoms with van der Waals surface area (Å²) in [6.45, 7) is 1.40. The van der Waals surface area contributed by atoms with Crippen LogP contribution in [-0.4, -0.2) is 75.0 Å². The quantitative estimate of drug-likeness (QED) is 0.447. The van der Waals surface area contributed by atoms with Gasteiger partial charge in [-0.15, -0.1) is 0 Å². The molecule has 2 aliphatic heterocycles. The Bertz CT molecular complexity index is 1290. The van der Waals surface area contributed by atoms with Crippen LogP contribution < -0.4 is 6.15 Å². The molecule has 3 aromatic heterocycles. The fraction of sp³-hybridized carbons (Fsp3) is 0.400. The van der Waals surface area contributed by atoms with Crippen LogP contribution in [-0.2, 0) is 14.4 Å². The number of hydrogen-bond acceptors (Lipinski definition) is 7. The normalized spacial score (nSPS) is 20.9. The van der Waals surface area contributed by atoms with Gasteiger partial charge in [-0.25, -0.2) is 15.0 Å². The Balaban J connectivity index is 0.000000220. The number of aromatic nitrogens is 3. The average Bonchev–Trinajstić information content (AvgIpc) is 3.64. The Morgan fingerprint density at radius 1 is 0.628 bits per heavy atom. The number of carbonyl (C=O) groups is 3. The van der Waals surface area contributed by atoms with E-state index < -0.39 is 17.8 Å². The number of hydrogen-bond donors (Lipinski definition) is 1. The molecule has 3 aliphatic rings. The first-order valence-corrected chi connectivity index (χ1v) is 13.4. The summed E-state index contributed by atoms with van der Waals surface area (Å²) in [5, 5.41) is 0. The van der Waals surface area contributed by atoms with Gasteiger partial charge in [-0.1, -0.05) is 18.2 Å². The summed E-state index contributed by atoms with van der Waals surface area (Å²) < 4.78 is 37.5. The zero-order chi connectivity index (χ0) is 29.5. The van der Waals surface area contributed by atoms with Crippen molar-refractivity contribution in [2.45, 2.75) is 49.9 Å². The SMILES string of the molecule is CN1CC(c2ccc(F)nc2)CC1=O.CN1CC(c2ccc(F)nc2)CC1=O.N.O.O=C1CCC(c2ccc(F)nc2)C1. The van der Waals surface area contributed by atoms with Gasteiger partial charge < -0.3 is 21.4 Å². The summed E-state index contributed by atoms with van der Waals surface area (Å²) in [7, 11) is 3.55. The Hall–Kier alpha value is -4.23. The maximum absolute atomic E-state index is 12.5. The van der Waals surface area contributed by atoms with E-state index in [1.54, 1.807) is 42.1 Å². The number of nitrogens with zero attached hydrogens (tertiary/aromatic N) is 5. The predicted octanol–water partition coefficient (Wildman–Crippen LogP) is 3.73. The second-order valence-corrected chi connectivity index (χ2v) is 10.6. The van der Waals surface area contributed by atoms with Crippen molar-refractivity contribution in [3.8, 4) is 0 Å². The van der Waals surface area contributed by atoms with E-state index in [0.29, 0.717) is 44.6 Å². The highest BCUT2D eigenvalue weighted by Crippen LogP contribution is 2.31. The zero-order valence-electron chi connectivity index (χ0n) is 24.2. The van der Waals surface area contributed by atoms with Crippen LogP contribution >= 0.6 is 0 Å². The highest BCUT2D eigenvalue weighted by molar-refractivity contribution is 5.81. The van der Waals surface area contributed by atoms with E-state index >= 15 is 0 Å². The molecule has 2 saturated heterocycles. The molecule has 0 radical (unpaired) electrons. The molecule has 3 atom stereocenters. The second kappa shape index (κ2) is 15.8. The maximum atomic E-state index is 12.5. The number of amides is 2. The van der Waals surface area contributed by atoms with Gasteiger partial charge in [-0.2, -0.15) is 13.2 Å². The first-order valence-electron chi connectivity index (χ1n) is 13.4. The molecular weight excluding hydrogens is 565 g/mol. The average molecular weight is 603 g/mol. The molecule has 2 amide bonds. The lowest BCUT2D eigenvalue weighted by molar-refractivity contribution is -0.127. The summed E-state index contributed by atoms with van der Waals surface area (Å²) in [4.78, 5) is 47.6. The second-order valence-electron chi connectivity index (χ2n) is 10.6. The third-order valence-corrected chi connectivity index (χ3v) is 7.59. The summed E-state index contributed by atoms with van der Waals surface area (Å²) in [6, 6.07) is 9.11. The number of ketones is 1. The van der Waals surface area contributed by atoms with Crippen molar-refractivity contribution in [1.82, 2.24) is 30.9 Å². The number of carbonyl (C=O) groups excluding carboxylic acids is 3. The highest BCUT2D eigenvalue weighted by atomic mass is 19.1. The van der Waals surface area contributed by atoms with Crippen LogP contribution in [0.5, 0.6) is 0 Å². The molecule has 0 aromatic carbocycles. The van der Waals surface area contributed by atoms with Gasteiger partial charge in [0.1, 0.15) is 5.78 Å². The standard InChI is InChI=1S/2C10H11FN2O.C10H10FNO.H3N.H2O/c2*1-13-6-8(4-10(13)14)7-2-3-9(11)12-5-7;11-10-4-2-8(6-12-10)7-1-3-9(13)5-7;;/h2*2-3,5,8H,4,6H2,1H3;2,4,6-7H,1,3,5H2;1H3;1H2. The highest BCUT2D eigenvalue weighted by Gasteiger charge is 2.29. The molecule has 43 heavy (non-hydrogen) atoms. The van der Waals surface area contributed by atoms with Crippen LogP contribution in [0.25, 0.3) is 0 Å². The molecule has 1 saturated carbocycles. The van der Waals surface area contributed by atoms with E-state index in [9.17, 15) is 27.6 Å². The van der Waals surface area contributed by atoms with Gasteiger partial charge in [0, 0.05) is 83.3 Å². The lowest BCUT2D eigenvalue weighted by Gasteiger charge is -2.09. The number of pyridine rings is 3. The van der Waals surface area contributed by atoms with Crippen molar-refractivity contribution in [2.24, 2.45) is 0 Å². The molecule has 1 aliphatic carbocycles. The molecular formula is C30H37F3N6O4. The van der Waals surface area contributed by atoms with E-state index in [1.807, 2.05) is 0 Å². The minimum absolute atomic E-state index is 0. The summed E-state index contributed by atoms with van der Waals surface area (Å²) >= 11 is 0. The van der Waals surface area contributed by atoms with Crippen molar-refractivity contribution < 1.29 is 33.0 Å². The van der Waals surface area contributed by atoms with Crippen LogP contribution in [0.4, 0.5) is 13.2 Å². The Morgan fingerprint density at radius 2 is 1.00 bits per heavy atom. The van der Waals surface area contributed by atoms with Crippen LogP contribution in [0.1, 0.15) is 66.5 Å². The number of likely N-dealkylation sites (N-methyl/N-ethyl adjacent to an activating group) is 2. The van der Waals surface area contributed by atoms with E-state index in [1.165, 1.54) is 36.8 Å². The van der Waals surface area contributed by atoms with Crippen molar-refractivity contribution in [3.05, 3.63) is 89.5 Å². The van der Waals surface area contributed by atoms with Gasteiger partial charge in [0.2, 0.25) is 29.7 Å². The molecule has 232 valence electrons. The molecule has 0 spiro atoms. The van der Waals surface area contributed by atoms with Gasteiger partial charge in [-0.3, -0.25) is 14.4 Å². The van der Waals surface area contributed by atoms with Gasteiger partial charge >= 0.3 is 0 Å². The third-order valence-electron chi connectivity index (χ3n) is 7.59. The van der Waals surface area contributed by atoms with E-state index in [2.05, 4.69) is 15.0 Å². The van der Waals surface area contributed by atoms with Crippen molar-refractivity contribution in [1.29, 1.82) is 0 Å². The molecule has 3 unspecified atom stereocenters. The lowest BCUT2D eigenvalue weighted by atomic mass is 10.00. The third kappa shape index (κ3) is 9.65. The molecule has 3 aromatic rings. The van der Waals surface area contributed by atoms with Crippen molar-refractivity contribution in [2.75, 3.05) is 27.2 Å². The smallest absolute Gasteiger partial charge is 0.223 e. The minimum atomic E-state index is -0.480. The van der Waals surface area contributed by atoms with E-state index in [0.717, 1.165) is 23.1 Å². The maximum Gasteiger partial charge on any atom is 0.223 e. The number of likely N-dealkylation sites (tertiary alicyclic amines) is 2. The van der Waals surface area contributed by atoms with Crippen LogP contribution in [0.15, 0.2) is 55.0 Å². The molecule has 13 heteroatoms. The minimum Gasteiger partial charge on any atom is -0.412 e. The van der Waals surface area contributed by atoms with Crippen LogP contribution in [0, 0.1) is 17.8 Å². The largest absolute Gasteiger partial charge is 0.412 e. The number of Topliss-reactive ketones (excluding diaryl/α,β-unsaturated/α-hetero) is 1. The first kappa shape index (κ1) is 35.0. The molecule has 5 heterocycles. The van der Waals surface area contributed by atoms with Gasteiger partial charge in [-0.05, 0) is 47.2 Å². The monoisotopic (exact) mass is 602 g/mol. The Labute approximate surface area is 248 Å². The van der Waals surface area contributed by atoms with Crippen molar-refractivity contribution >= 4 is 17.6 Å². The Morgan fingerprint density at radius 3 is 1.26 bits per heavy atom. The summed E-state index contributed by atoms with van der Waals surface area (Å²) in [5.41, 5.74) is 2.85. The van der Waals surface area contributed by atoms with E-state index in [4.69, 9.17) is 0 Å². The number of halogens is 3. The first-order chi connectivity index (χ1) is 19.6. The fourth-order valence-electron chi connectivity index (χ4n) is 5.16. The molecule has 5 N–H and O–H groups in total. The molecule has 6 rings (SSSR count). The van der Waals surface area contributed by atoms with E-state index in [-0.39, 0.29) is 41.2 Å². The lowest BCUT2D eigenvalue weighted by Crippen LogP contribution is -2.18. The molecule has 0 bridgehead atoms. The zero-order valence-corrected chi connectivity index (χ0v) is 24.2. The topological polar surface area (TPSA) is 163 Å². The predicted molar refractivity (Wildman–Crippen MR) is 153 cm³/mol. The van der Waals surface area contributed by atoms with Crippen molar-refractivity contribution in [3.63, 3.8) is 0 Å². The summed E-state index contributed by atoms with van der Waals surface area (Å²) in [6.07, 6.45) is 7.67. The van der Waals surface area contributed by atoms with Crippen LogP contribution in [0.2, 0.25) is 0 Å². The molecule has 10 nitrogen and oxygen atoms in total. The van der Waals surface area contributed by atoms with Gasteiger partial charge in [0.05, 0.1) is 0 Å². The van der Waals surface area contributed by atoms with Crippen LogP contribution in [0.3, 0.4) is 0 Å².